The Bertz CT molecular complexity index is 446. The number of hydrogen-bond acceptors (Lipinski definition) is 3. The molecular formula is C10H17N3O2S. The van der Waals surface area contributed by atoms with E-state index in [1.807, 2.05) is 6.92 Å². The third-order valence-electron chi connectivity index (χ3n) is 3.14. The molecule has 5 nitrogen and oxygen atoms in total. The van der Waals surface area contributed by atoms with E-state index in [9.17, 15) is 8.42 Å². The quantitative estimate of drug-likeness (QED) is 0.831. The van der Waals surface area contributed by atoms with Crippen LogP contribution in [-0.2, 0) is 16.6 Å². The molecule has 2 rings (SSSR count). The van der Waals surface area contributed by atoms with Crippen LogP contribution in [0.15, 0.2) is 6.20 Å². The minimum atomic E-state index is -3.14. The first kappa shape index (κ1) is 11.6. The van der Waals surface area contributed by atoms with Gasteiger partial charge in [0, 0.05) is 17.8 Å². The van der Waals surface area contributed by atoms with E-state index in [0.29, 0.717) is 6.54 Å². The van der Waals surface area contributed by atoms with Crippen LogP contribution in [0.5, 0.6) is 0 Å². The van der Waals surface area contributed by atoms with Gasteiger partial charge in [-0.3, -0.25) is 5.10 Å². The van der Waals surface area contributed by atoms with E-state index in [1.54, 1.807) is 6.20 Å². The largest absolute Gasteiger partial charge is 0.283 e. The summed E-state index contributed by atoms with van der Waals surface area (Å²) in [5.41, 5.74) is 1.82. The maximum Gasteiger partial charge on any atom is 0.214 e. The SMILES string of the molecule is Cc1[nH]ncc1CNS(=O)(=O)C1CCCC1. The Labute approximate surface area is 95.7 Å². The third-order valence-corrected chi connectivity index (χ3v) is 5.03. The molecule has 0 aromatic carbocycles. The van der Waals surface area contributed by atoms with Crippen molar-refractivity contribution in [3.8, 4) is 0 Å². The van der Waals surface area contributed by atoms with E-state index in [4.69, 9.17) is 0 Å². The zero-order valence-corrected chi connectivity index (χ0v) is 10.2. The molecule has 1 aliphatic rings. The van der Waals surface area contributed by atoms with Gasteiger partial charge in [0.25, 0.3) is 0 Å². The zero-order chi connectivity index (χ0) is 11.6. The topological polar surface area (TPSA) is 74.8 Å². The lowest BCUT2D eigenvalue weighted by Gasteiger charge is -2.11. The lowest BCUT2D eigenvalue weighted by Crippen LogP contribution is -2.32. The Balaban J connectivity index is 1.97. The van der Waals surface area contributed by atoms with Crippen molar-refractivity contribution >= 4 is 10.0 Å². The van der Waals surface area contributed by atoms with Crippen molar-refractivity contribution in [2.75, 3.05) is 0 Å². The van der Waals surface area contributed by atoms with E-state index in [1.165, 1.54) is 0 Å². The highest BCUT2D eigenvalue weighted by molar-refractivity contribution is 7.90. The molecule has 0 radical (unpaired) electrons. The van der Waals surface area contributed by atoms with Crippen LogP contribution in [0.4, 0.5) is 0 Å². The Morgan fingerprint density at radius 2 is 2.19 bits per heavy atom. The summed E-state index contributed by atoms with van der Waals surface area (Å²) in [5, 5.41) is 6.45. The maximum absolute atomic E-state index is 11.9. The highest BCUT2D eigenvalue weighted by Crippen LogP contribution is 2.24. The van der Waals surface area contributed by atoms with E-state index >= 15 is 0 Å². The predicted octanol–water partition coefficient (Wildman–Crippen LogP) is 1.08. The van der Waals surface area contributed by atoms with Crippen LogP contribution >= 0.6 is 0 Å². The van der Waals surface area contributed by atoms with Gasteiger partial charge in [0.15, 0.2) is 0 Å². The van der Waals surface area contributed by atoms with Crippen molar-refractivity contribution < 1.29 is 8.42 Å². The Hall–Kier alpha value is -0.880. The predicted molar refractivity (Wildman–Crippen MR) is 61.3 cm³/mol. The summed E-state index contributed by atoms with van der Waals surface area (Å²) in [6.07, 6.45) is 5.29. The molecule has 0 saturated heterocycles. The average molecular weight is 243 g/mol. The number of H-pyrrole nitrogens is 1. The number of nitrogens with one attached hydrogen (secondary N) is 2. The summed E-state index contributed by atoms with van der Waals surface area (Å²) in [6.45, 7) is 2.22. The molecule has 0 spiro atoms. The van der Waals surface area contributed by atoms with Gasteiger partial charge in [-0.05, 0) is 19.8 Å². The fraction of sp³-hybridized carbons (Fsp3) is 0.700. The number of hydrogen-bond donors (Lipinski definition) is 2. The normalized spacial score (nSPS) is 18.1. The summed E-state index contributed by atoms with van der Waals surface area (Å²) in [7, 11) is -3.14. The highest BCUT2D eigenvalue weighted by atomic mass is 32.2. The van der Waals surface area contributed by atoms with Crippen molar-refractivity contribution in [1.82, 2.24) is 14.9 Å². The van der Waals surface area contributed by atoms with Gasteiger partial charge in [0.05, 0.1) is 11.4 Å². The summed E-state index contributed by atoms with van der Waals surface area (Å²) in [4.78, 5) is 0. The summed E-state index contributed by atoms with van der Waals surface area (Å²) in [5.74, 6) is 0. The first-order chi connectivity index (χ1) is 7.59. The molecule has 1 fully saturated rings. The van der Waals surface area contributed by atoms with Crippen molar-refractivity contribution in [2.24, 2.45) is 0 Å². The van der Waals surface area contributed by atoms with Crippen molar-refractivity contribution in [1.29, 1.82) is 0 Å². The smallest absolute Gasteiger partial charge is 0.214 e. The van der Waals surface area contributed by atoms with Gasteiger partial charge in [-0.15, -0.1) is 0 Å². The second-order valence-corrected chi connectivity index (χ2v) is 6.34. The van der Waals surface area contributed by atoms with Crippen LogP contribution < -0.4 is 4.72 Å². The zero-order valence-electron chi connectivity index (χ0n) is 9.36. The molecule has 6 heteroatoms. The summed E-state index contributed by atoms with van der Waals surface area (Å²) >= 11 is 0. The second-order valence-electron chi connectivity index (χ2n) is 4.29. The minimum absolute atomic E-state index is 0.195. The monoisotopic (exact) mass is 243 g/mol. The van der Waals surface area contributed by atoms with Gasteiger partial charge in [-0.2, -0.15) is 5.10 Å². The molecule has 0 unspecified atom stereocenters. The number of rotatable bonds is 4. The Kier molecular flexibility index (Phi) is 3.30. The molecule has 1 aromatic heterocycles. The van der Waals surface area contributed by atoms with Crippen LogP contribution in [0.1, 0.15) is 36.9 Å². The molecule has 1 aliphatic carbocycles. The average Bonchev–Trinajstić information content (AvgIpc) is 2.85. The van der Waals surface area contributed by atoms with Gasteiger partial charge < -0.3 is 0 Å². The van der Waals surface area contributed by atoms with E-state index in [-0.39, 0.29) is 5.25 Å². The van der Waals surface area contributed by atoms with Gasteiger partial charge in [-0.25, -0.2) is 13.1 Å². The molecule has 1 heterocycles. The van der Waals surface area contributed by atoms with Crippen molar-refractivity contribution in [3.05, 3.63) is 17.5 Å². The van der Waals surface area contributed by atoms with Crippen LogP contribution in [0, 0.1) is 6.92 Å². The number of aryl methyl sites for hydroxylation is 1. The minimum Gasteiger partial charge on any atom is -0.283 e. The van der Waals surface area contributed by atoms with Crippen molar-refractivity contribution in [2.45, 2.75) is 44.4 Å². The van der Waals surface area contributed by atoms with E-state index < -0.39 is 10.0 Å². The molecule has 2 N–H and O–H groups in total. The summed E-state index contributed by atoms with van der Waals surface area (Å²) < 4.78 is 26.5. The van der Waals surface area contributed by atoms with Gasteiger partial charge in [0.1, 0.15) is 0 Å². The number of sulfonamides is 1. The molecule has 0 aliphatic heterocycles. The second kappa shape index (κ2) is 4.55. The first-order valence-corrected chi connectivity index (χ1v) is 7.11. The summed E-state index contributed by atoms with van der Waals surface area (Å²) in [6, 6.07) is 0. The molecule has 90 valence electrons. The highest BCUT2D eigenvalue weighted by Gasteiger charge is 2.28. The third kappa shape index (κ3) is 2.44. The molecule has 0 bridgehead atoms. The van der Waals surface area contributed by atoms with Gasteiger partial charge in [-0.1, -0.05) is 12.8 Å². The molecule has 16 heavy (non-hydrogen) atoms. The number of aromatic nitrogens is 2. The standard InChI is InChI=1S/C10H17N3O2S/c1-8-9(6-11-13-8)7-12-16(14,15)10-4-2-3-5-10/h6,10,12H,2-5,7H2,1H3,(H,11,13). The van der Waals surface area contributed by atoms with E-state index in [2.05, 4.69) is 14.9 Å². The van der Waals surface area contributed by atoms with Crippen LogP contribution in [0.3, 0.4) is 0 Å². The van der Waals surface area contributed by atoms with Crippen LogP contribution in [0.25, 0.3) is 0 Å². The lowest BCUT2D eigenvalue weighted by atomic mass is 10.3. The van der Waals surface area contributed by atoms with Crippen LogP contribution in [0.2, 0.25) is 0 Å². The molecule has 1 aromatic rings. The fourth-order valence-electron chi connectivity index (χ4n) is 2.05. The van der Waals surface area contributed by atoms with Gasteiger partial charge >= 0.3 is 0 Å². The Morgan fingerprint density at radius 3 is 2.75 bits per heavy atom. The number of nitrogens with zero attached hydrogens (tertiary/aromatic N) is 1. The van der Waals surface area contributed by atoms with Crippen molar-refractivity contribution in [3.63, 3.8) is 0 Å². The molecule has 1 saturated carbocycles. The lowest BCUT2D eigenvalue weighted by molar-refractivity contribution is 0.564. The first-order valence-electron chi connectivity index (χ1n) is 5.57. The fourth-order valence-corrected chi connectivity index (χ4v) is 3.60. The van der Waals surface area contributed by atoms with E-state index in [0.717, 1.165) is 36.9 Å². The maximum atomic E-state index is 11.9. The molecule has 0 atom stereocenters. The molecule has 0 amide bonds. The van der Waals surface area contributed by atoms with Gasteiger partial charge in [0.2, 0.25) is 10.0 Å². The molecular weight excluding hydrogens is 226 g/mol. The van der Waals surface area contributed by atoms with Crippen LogP contribution in [-0.4, -0.2) is 23.9 Å². The number of aromatic amines is 1. The Morgan fingerprint density at radius 1 is 1.50 bits per heavy atom.